The zero-order chi connectivity index (χ0) is 14.9. The van der Waals surface area contributed by atoms with Crippen LogP contribution in [-0.4, -0.2) is 32.9 Å². The monoisotopic (exact) mass is 313 g/mol. The molecule has 6 heteroatoms. The van der Waals surface area contributed by atoms with Gasteiger partial charge in [0.05, 0.1) is 11.9 Å². The van der Waals surface area contributed by atoms with Gasteiger partial charge in [-0.05, 0) is 43.4 Å². The first kappa shape index (κ1) is 14.9. The van der Waals surface area contributed by atoms with Gasteiger partial charge in [0, 0.05) is 18.6 Å². The van der Waals surface area contributed by atoms with E-state index in [9.17, 15) is 12.8 Å². The predicted molar refractivity (Wildman–Crippen MR) is 77.9 cm³/mol. The van der Waals surface area contributed by atoms with Crippen molar-refractivity contribution in [1.82, 2.24) is 4.72 Å². The third kappa shape index (κ3) is 3.81. The van der Waals surface area contributed by atoms with Gasteiger partial charge in [0.1, 0.15) is 5.82 Å². The minimum Gasteiger partial charge on any atom is -0.381 e. The number of hydrogen-bond acceptors (Lipinski definition) is 3. The van der Waals surface area contributed by atoms with Crippen LogP contribution in [0.4, 0.5) is 4.39 Å². The molecule has 2 fully saturated rings. The number of halogens is 1. The van der Waals surface area contributed by atoms with E-state index in [1.165, 1.54) is 12.1 Å². The van der Waals surface area contributed by atoms with E-state index in [1.54, 1.807) is 6.07 Å². The van der Waals surface area contributed by atoms with Gasteiger partial charge in [-0.25, -0.2) is 17.5 Å². The smallest absolute Gasteiger partial charge is 0.215 e. The van der Waals surface area contributed by atoms with E-state index in [4.69, 9.17) is 4.74 Å². The van der Waals surface area contributed by atoms with Crippen LogP contribution in [0, 0.1) is 11.7 Å². The van der Waals surface area contributed by atoms with Crippen LogP contribution in [0.1, 0.15) is 24.8 Å². The highest BCUT2D eigenvalue weighted by atomic mass is 32.2. The molecule has 116 valence electrons. The maximum absolute atomic E-state index is 13.3. The number of benzene rings is 1. The molecule has 1 aromatic rings. The van der Waals surface area contributed by atoms with Gasteiger partial charge in [-0.2, -0.15) is 0 Å². The Labute approximate surface area is 124 Å². The Balaban J connectivity index is 1.74. The Morgan fingerprint density at radius 1 is 1.29 bits per heavy atom. The first-order valence-corrected chi connectivity index (χ1v) is 8.92. The lowest BCUT2D eigenvalue weighted by molar-refractivity contribution is 0.0570. The summed E-state index contributed by atoms with van der Waals surface area (Å²) in [7, 11) is -3.32. The van der Waals surface area contributed by atoms with Gasteiger partial charge in [-0.3, -0.25) is 0 Å². The zero-order valence-corrected chi connectivity index (χ0v) is 12.6. The summed E-state index contributed by atoms with van der Waals surface area (Å²) >= 11 is 0. The molecule has 2 aliphatic rings. The summed E-state index contributed by atoms with van der Waals surface area (Å²) in [5.41, 5.74) is 0.817. The van der Waals surface area contributed by atoms with E-state index in [1.807, 2.05) is 6.07 Å². The van der Waals surface area contributed by atoms with Crippen LogP contribution in [0.25, 0.3) is 0 Å². The molecule has 3 rings (SSSR count). The van der Waals surface area contributed by atoms with Gasteiger partial charge in [0.15, 0.2) is 0 Å². The maximum Gasteiger partial charge on any atom is 0.215 e. The van der Waals surface area contributed by atoms with Crippen LogP contribution in [0.5, 0.6) is 0 Å². The molecule has 0 radical (unpaired) electrons. The van der Waals surface area contributed by atoms with Gasteiger partial charge < -0.3 is 4.74 Å². The molecule has 0 bridgehead atoms. The first-order chi connectivity index (χ1) is 10.0. The lowest BCUT2D eigenvalue weighted by atomic mass is 9.93. The quantitative estimate of drug-likeness (QED) is 0.902. The van der Waals surface area contributed by atoms with Crippen molar-refractivity contribution in [1.29, 1.82) is 0 Å². The van der Waals surface area contributed by atoms with Crippen LogP contribution >= 0.6 is 0 Å². The number of hydrogen-bond donors (Lipinski definition) is 1. The van der Waals surface area contributed by atoms with Gasteiger partial charge >= 0.3 is 0 Å². The lowest BCUT2D eigenvalue weighted by Crippen LogP contribution is -2.45. The molecule has 1 saturated carbocycles. The third-order valence-electron chi connectivity index (χ3n) is 4.10. The molecular weight excluding hydrogens is 293 g/mol. The fourth-order valence-electron chi connectivity index (χ4n) is 2.86. The van der Waals surface area contributed by atoms with Gasteiger partial charge in [0.25, 0.3) is 0 Å². The van der Waals surface area contributed by atoms with Crippen molar-refractivity contribution < 1.29 is 17.5 Å². The van der Waals surface area contributed by atoms with Crippen LogP contribution in [0.15, 0.2) is 24.3 Å². The van der Waals surface area contributed by atoms with E-state index in [2.05, 4.69) is 4.72 Å². The summed E-state index contributed by atoms with van der Waals surface area (Å²) in [6.07, 6.45) is 2.88. The van der Waals surface area contributed by atoms with Gasteiger partial charge in [-0.1, -0.05) is 12.1 Å². The molecule has 1 heterocycles. The Morgan fingerprint density at radius 2 is 2.10 bits per heavy atom. The fourth-order valence-corrected chi connectivity index (χ4v) is 4.83. The van der Waals surface area contributed by atoms with Crippen LogP contribution in [0.3, 0.4) is 0 Å². The predicted octanol–water partition coefficient (Wildman–Crippen LogP) is 1.86. The maximum atomic E-state index is 13.3. The summed E-state index contributed by atoms with van der Waals surface area (Å²) in [5, 5.41) is -0.449. The van der Waals surface area contributed by atoms with E-state index < -0.39 is 15.3 Å². The van der Waals surface area contributed by atoms with Crippen molar-refractivity contribution in [2.75, 3.05) is 13.2 Å². The number of rotatable bonds is 5. The molecule has 21 heavy (non-hydrogen) atoms. The molecule has 0 unspecified atom stereocenters. The number of nitrogens with one attached hydrogen (secondary N) is 1. The summed E-state index contributed by atoms with van der Waals surface area (Å²) in [6, 6.07) is 6.46. The fraction of sp³-hybridized carbons (Fsp3) is 0.600. The van der Waals surface area contributed by atoms with E-state index in [0.29, 0.717) is 26.1 Å². The van der Waals surface area contributed by atoms with Crippen LogP contribution < -0.4 is 4.72 Å². The van der Waals surface area contributed by atoms with Crippen LogP contribution in [0.2, 0.25) is 0 Å². The molecule has 0 amide bonds. The van der Waals surface area contributed by atoms with Crippen molar-refractivity contribution in [3.05, 3.63) is 35.6 Å². The standard InChI is InChI=1S/C15H20FNO3S/c16-13-3-1-2-11(9-13)8-12-10-20-7-6-15(12)21(18,19)17-14-4-5-14/h1-3,9,12,14-15,17H,4-8,10H2/t12-,15-/m1/s1. The molecule has 1 aliphatic heterocycles. The minimum absolute atomic E-state index is 0.118. The minimum atomic E-state index is -3.32. The first-order valence-electron chi connectivity index (χ1n) is 7.38. The average molecular weight is 313 g/mol. The van der Waals surface area contributed by atoms with E-state index in [-0.39, 0.29) is 17.8 Å². The Hall–Kier alpha value is -0.980. The molecule has 1 aromatic carbocycles. The Bertz CT molecular complexity index is 601. The summed E-state index contributed by atoms with van der Waals surface area (Å²) in [5.74, 6) is -0.420. The molecule has 0 spiro atoms. The molecule has 1 saturated heterocycles. The average Bonchev–Trinajstić information content (AvgIpc) is 3.22. The van der Waals surface area contributed by atoms with Crippen molar-refractivity contribution in [2.24, 2.45) is 5.92 Å². The second-order valence-corrected chi connectivity index (χ2v) is 7.86. The third-order valence-corrected chi connectivity index (χ3v) is 6.18. The van der Waals surface area contributed by atoms with Crippen molar-refractivity contribution in [3.63, 3.8) is 0 Å². The topological polar surface area (TPSA) is 55.4 Å². The van der Waals surface area contributed by atoms with E-state index >= 15 is 0 Å². The highest BCUT2D eigenvalue weighted by molar-refractivity contribution is 7.90. The molecule has 0 aromatic heterocycles. The normalized spacial score (nSPS) is 26.7. The molecule has 2 atom stereocenters. The molecular formula is C15H20FNO3S. The number of sulfonamides is 1. The van der Waals surface area contributed by atoms with Gasteiger partial charge in [0.2, 0.25) is 10.0 Å². The van der Waals surface area contributed by atoms with Crippen LogP contribution in [-0.2, 0) is 21.2 Å². The Morgan fingerprint density at radius 3 is 2.81 bits per heavy atom. The van der Waals surface area contributed by atoms with Crippen molar-refractivity contribution in [3.8, 4) is 0 Å². The zero-order valence-electron chi connectivity index (χ0n) is 11.8. The SMILES string of the molecule is O=S(=O)(NC1CC1)[C@@H]1CCOC[C@H]1Cc1cccc(F)c1. The summed E-state index contributed by atoms with van der Waals surface area (Å²) < 4.78 is 46.4. The number of ether oxygens (including phenoxy) is 1. The van der Waals surface area contributed by atoms with Gasteiger partial charge in [-0.15, -0.1) is 0 Å². The summed E-state index contributed by atoms with van der Waals surface area (Å²) in [6.45, 7) is 0.878. The van der Waals surface area contributed by atoms with E-state index in [0.717, 1.165) is 18.4 Å². The van der Waals surface area contributed by atoms with Crippen molar-refractivity contribution >= 4 is 10.0 Å². The van der Waals surface area contributed by atoms with Crippen molar-refractivity contribution in [2.45, 2.75) is 37.0 Å². The second kappa shape index (κ2) is 6.02. The lowest BCUT2D eigenvalue weighted by Gasteiger charge is -2.31. The molecule has 1 N–H and O–H groups in total. The highest BCUT2D eigenvalue weighted by Crippen LogP contribution is 2.28. The summed E-state index contributed by atoms with van der Waals surface area (Å²) in [4.78, 5) is 0. The second-order valence-electron chi connectivity index (χ2n) is 5.93. The molecule has 4 nitrogen and oxygen atoms in total. The largest absolute Gasteiger partial charge is 0.381 e. The molecule has 1 aliphatic carbocycles. The Kier molecular flexibility index (Phi) is 4.28. The highest BCUT2D eigenvalue weighted by Gasteiger charge is 2.39.